The van der Waals surface area contributed by atoms with Crippen LogP contribution in [0.1, 0.15) is 45.2 Å². The van der Waals surface area contributed by atoms with Crippen molar-refractivity contribution < 1.29 is 0 Å². The molecule has 1 aromatic heterocycles. The molecule has 1 N–H and O–H groups in total. The zero-order chi connectivity index (χ0) is 11.1. The van der Waals surface area contributed by atoms with Crippen molar-refractivity contribution in [2.45, 2.75) is 39.7 Å². The first-order chi connectivity index (χ1) is 7.20. The molecule has 0 fully saturated rings. The maximum atomic E-state index is 4.12. The van der Waals surface area contributed by atoms with E-state index >= 15 is 0 Å². The molecular weight excluding hydrogens is 184 g/mol. The van der Waals surface area contributed by atoms with Gasteiger partial charge < -0.3 is 5.32 Å². The first-order valence-electron chi connectivity index (χ1n) is 5.83. The molecule has 1 heterocycles. The summed E-state index contributed by atoms with van der Waals surface area (Å²) in [4.78, 5) is 4.12. The summed E-state index contributed by atoms with van der Waals surface area (Å²) in [5.41, 5.74) is 1.27. The summed E-state index contributed by atoms with van der Waals surface area (Å²) in [6.45, 7) is 7.82. The van der Waals surface area contributed by atoms with E-state index in [9.17, 15) is 0 Å². The molecule has 0 radical (unpaired) electrons. The lowest BCUT2D eigenvalue weighted by Gasteiger charge is -2.14. The molecule has 15 heavy (non-hydrogen) atoms. The van der Waals surface area contributed by atoms with Gasteiger partial charge in [-0.3, -0.25) is 4.98 Å². The molecule has 0 saturated carbocycles. The van der Waals surface area contributed by atoms with Crippen LogP contribution >= 0.6 is 0 Å². The molecule has 2 heteroatoms. The van der Waals surface area contributed by atoms with Crippen LogP contribution in [0, 0.1) is 5.92 Å². The van der Waals surface area contributed by atoms with E-state index < -0.39 is 0 Å². The highest BCUT2D eigenvalue weighted by molar-refractivity contribution is 5.12. The SMILES string of the molecule is CC(C)CCCNC(C)c1cccnc1. The fourth-order valence-electron chi connectivity index (χ4n) is 1.58. The van der Waals surface area contributed by atoms with Crippen LogP contribution in [0.15, 0.2) is 24.5 Å². The summed E-state index contributed by atoms with van der Waals surface area (Å²) in [6, 6.07) is 4.51. The fourth-order valence-corrected chi connectivity index (χ4v) is 1.58. The van der Waals surface area contributed by atoms with Crippen LogP contribution in [0.4, 0.5) is 0 Å². The zero-order valence-corrected chi connectivity index (χ0v) is 10.0. The number of pyridine rings is 1. The van der Waals surface area contributed by atoms with Gasteiger partial charge in [-0.1, -0.05) is 19.9 Å². The Morgan fingerprint density at radius 2 is 2.13 bits per heavy atom. The highest BCUT2D eigenvalue weighted by Crippen LogP contribution is 2.10. The lowest BCUT2D eigenvalue weighted by molar-refractivity contribution is 0.497. The number of rotatable bonds is 6. The van der Waals surface area contributed by atoms with Crippen LogP contribution < -0.4 is 5.32 Å². The topological polar surface area (TPSA) is 24.9 Å². The summed E-state index contributed by atoms with van der Waals surface area (Å²) >= 11 is 0. The molecule has 1 unspecified atom stereocenters. The Balaban J connectivity index is 2.22. The first-order valence-corrected chi connectivity index (χ1v) is 5.83. The molecular formula is C13H22N2. The molecule has 1 atom stereocenters. The third kappa shape index (κ3) is 4.93. The normalized spacial score (nSPS) is 13.1. The smallest absolute Gasteiger partial charge is 0.0315 e. The largest absolute Gasteiger partial charge is 0.310 e. The summed E-state index contributed by atoms with van der Waals surface area (Å²) < 4.78 is 0. The zero-order valence-electron chi connectivity index (χ0n) is 10.0. The van der Waals surface area contributed by atoms with Gasteiger partial charge in [-0.25, -0.2) is 0 Å². The predicted octanol–water partition coefficient (Wildman–Crippen LogP) is 3.17. The third-order valence-corrected chi connectivity index (χ3v) is 2.59. The van der Waals surface area contributed by atoms with Gasteiger partial charge in [0.2, 0.25) is 0 Å². The third-order valence-electron chi connectivity index (χ3n) is 2.59. The number of hydrogen-bond acceptors (Lipinski definition) is 2. The highest BCUT2D eigenvalue weighted by Gasteiger charge is 2.03. The number of aromatic nitrogens is 1. The molecule has 2 nitrogen and oxygen atoms in total. The van der Waals surface area contributed by atoms with Crippen LogP contribution in [-0.2, 0) is 0 Å². The Morgan fingerprint density at radius 1 is 1.33 bits per heavy atom. The Labute approximate surface area is 93.1 Å². The summed E-state index contributed by atoms with van der Waals surface area (Å²) in [6.07, 6.45) is 6.30. The van der Waals surface area contributed by atoms with Gasteiger partial charge in [0.15, 0.2) is 0 Å². The van der Waals surface area contributed by atoms with Crippen LogP contribution in [-0.4, -0.2) is 11.5 Å². The average Bonchev–Trinajstić information content (AvgIpc) is 2.25. The van der Waals surface area contributed by atoms with Gasteiger partial charge in [-0.05, 0) is 43.9 Å². The van der Waals surface area contributed by atoms with E-state index in [1.54, 1.807) is 0 Å². The van der Waals surface area contributed by atoms with Crippen molar-refractivity contribution in [3.63, 3.8) is 0 Å². The fraction of sp³-hybridized carbons (Fsp3) is 0.615. The van der Waals surface area contributed by atoms with E-state index in [4.69, 9.17) is 0 Å². The Morgan fingerprint density at radius 3 is 2.73 bits per heavy atom. The molecule has 1 rings (SSSR count). The molecule has 1 aromatic rings. The monoisotopic (exact) mass is 206 g/mol. The van der Waals surface area contributed by atoms with Crippen molar-refractivity contribution in [2.75, 3.05) is 6.54 Å². The second-order valence-electron chi connectivity index (χ2n) is 4.50. The summed E-state index contributed by atoms with van der Waals surface area (Å²) in [5, 5.41) is 3.51. The van der Waals surface area contributed by atoms with E-state index in [1.165, 1.54) is 18.4 Å². The van der Waals surface area contributed by atoms with Crippen molar-refractivity contribution in [1.29, 1.82) is 0 Å². The van der Waals surface area contributed by atoms with Crippen LogP contribution in [0.5, 0.6) is 0 Å². The quantitative estimate of drug-likeness (QED) is 0.723. The standard InChI is InChI=1S/C13H22N2/c1-11(2)6-4-9-15-12(3)13-7-5-8-14-10-13/h5,7-8,10-12,15H,4,6,9H2,1-3H3. The Bertz CT molecular complexity index is 256. The van der Waals surface area contributed by atoms with E-state index in [1.807, 2.05) is 18.5 Å². The molecule has 0 saturated heterocycles. The van der Waals surface area contributed by atoms with E-state index in [0.29, 0.717) is 6.04 Å². The molecule has 0 aliphatic rings. The summed E-state index contributed by atoms with van der Waals surface area (Å²) in [7, 11) is 0. The second-order valence-corrected chi connectivity index (χ2v) is 4.50. The molecule has 0 aliphatic carbocycles. The maximum absolute atomic E-state index is 4.12. The molecule has 84 valence electrons. The van der Waals surface area contributed by atoms with Gasteiger partial charge >= 0.3 is 0 Å². The van der Waals surface area contributed by atoms with Crippen molar-refractivity contribution in [3.8, 4) is 0 Å². The minimum Gasteiger partial charge on any atom is -0.310 e. The van der Waals surface area contributed by atoms with Crippen molar-refractivity contribution in [1.82, 2.24) is 10.3 Å². The van der Waals surface area contributed by atoms with Gasteiger partial charge in [0.25, 0.3) is 0 Å². The summed E-state index contributed by atoms with van der Waals surface area (Å²) in [5.74, 6) is 0.806. The number of hydrogen-bond donors (Lipinski definition) is 1. The van der Waals surface area contributed by atoms with Crippen molar-refractivity contribution in [2.24, 2.45) is 5.92 Å². The lowest BCUT2D eigenvalue weighted by Crippen LogP contribution is -2.20. The minimum atomic E-state index is 0.408. The van der Waals surface area contributed by atoms with Crippen LogP contribution in [0.25, 0.3) is 0 Å². The molecule has 0 aliphatic heterocycles. The second kappa shape index (κ2) is 6.57. The maximum Gasteiger partial charge on any atom is 0.0315 e. The van der Waals surface area contributed by atoms with Gasteiger partial charge in [-0.2, -0.15) is 0 Å². The Hall–Kier alpha value is -0.890. The molecule has 0 aromatic carbocycles. The first kappa shape index (κ1) is 12.2. The van der Waals surface area contributed by atoms with Crippen LogP contribution in [0.3, 0.4) is 0 Å². The lowest BCUT2D eigenvalue weighted by atomic mass is 10.1. The molecule has 0 spiro atoms. The minimum absolute atomic E-state index is 0.408. The van der Waals surface area contributed by atoms with E-state index in [0.717, 1.165) is 12.5 Å². The highest BCUT2D eigenvalue weighted by atomic mass is 14.9. The Kier molecular flexibility index (Phi) is 5.33. The van der Waals surface area contributed by atoms with Crippen molar-refractivity contribution >= 4 is 0 Å². The van der Waals surface area contributed by atoms with Crippen LogP contribution in [0.2, 0.25) is 0 Å². The molecule has 0 bridgehead atoms. The van der Waals surface area contributed by atoms with Gasteiger partial charge in [0.05, 0.1) is 0 Å². The van der Waals surface area contributed by atoms with E-state index in [2.05, 4.69) is 37.1 Å². The van der Waals surface area contributed by atoms with E-state index in [-0.39, 0.29) is 0 Å². The number of nitrogens with zero attached hydrogens (tertiary/aromatic N) is 1. The molecule has 0 amide bonds. The predicted molar refractivity (Wildman–Crippen MR) is 64.7 cm³/mol. The van der Waals surface area contributed by atoms with Gasteiger partial charge in [0.1, 0.15) is 0 Å². The van der Waals surface area contributed by atoms with Crippen molar-refractivity contribution in [3.05, 3.63) is 30.1 Å². The average molecular weight is 206 g/mol. The number of nitrogens with one attached hydrogen (secondary N) is 1. The van der Waals surface area contributed by atoms with Gasteiger partial charge in [0, 0.05) is 18.4 Å². The van der Waals surface area contributed by atoms with Gasteiger partial charge in [-0.15, -0.1) is 0 Å².